The molecular formula is C30H46N2O3. The van der Waals surface area contributed by atoms with E-state index < -0.39 is 0 Å². The predicted octanol–water partition coefficient (Wildman–Crippen LogP) is 8.71. The maximum absolute atomic E-state index is 12.0. The summed E-state index contributed by atoms with van der Waals surface area (Å²) in [5.41, 5.74) is 0.908. The van der Waals surface area contributed by atoms with Crippen LogP contribution in [0.2, 0.25) is 0 Å². The Bertz CT molecular complexity index is 790. The van der Waals surface area contributed by atoms with Crippen molar-refractivity contribution >= 4 is 5.97 Å². The zero-order chi connectivity index (χ0) is 25.0. The fourth-order valence-corrected chi connectivity index (χ4v) is 4.05. The van der Waals surface area contributed by atoms with Crippen molar-refractivity contribution in [3.8, 4) is 22.9 Å². The Hall–Kier alpha value is -2.43. The van der Waals surface area contributed by atoms with Gasteiger partial charge in [0.2, 0.25) is 0 Å². The Morgan fingerprint density at radius 2 is 1.17 bits per heavy atom. The highest BCUT2D eigenvalue weighted by Gasteiger charge is 2.07. The van der Waals surface area contributed by atoms with Gasteiger partial charge in [-0.1, -0.05) is 97.3 Å². The molecule has 0 saturated heterocycles. The number of carbonyl (C=O) groups is 1. The highest BCUT2D eigenvalue weighted by atomic mass is 16.5. The molecule has 1 heterocycles. The molecule has 5 heteroatoms. The Labute approximate surface area is 213 Å². The van der Waals surface area contributed by atoms with Crippen LogP contribution in [0.15, 0.2) is 36.7 Å². The minimum atomic E-state index is -0.217. The summed E-state index contributed by atoms with van der Waals surface area (Å²) in [7, 11) is 0. The van der Waals surface area contributed by atoms with Gasteiger partial charge in [0.15, 0.2) is 11.6 Å². The fraction of sp³-hybridized carbons (Fsp3) is 0.633. The normalized spacial score (nSPS) is 10.9. The first-order chi connectivity index (χ1) is 17.2. The van der Waals surface area contributed by atoms with E-state index in [2.05, 4.69) is 23.8 Å². The van der Waals surface area contributed by atoms with Crippen molar-refractivity contribution in [2.75, 3.05) is 6.61 Å². The number of ether oxygens (including phenoxy) is 2. The molecular weight excluding hydrogens is 436 g/mol. The van der Waals surface area contributed by atoms with E-state index in [1.165, 1.54) is 77.0 Å². The molecule has 5 nitrogen and oxygen atoms in total. The van der Waals surface area contributed by atoms with Crippen LogP contribution in [0.4, 0.5) is 0 Å². The van der Waals surface area contributed by atoms with Gasteiger partial charge in [-0.3, -0.25) is 4.79 Å². The first-order valence-corrected chi connectivity index (χ1v) is 14.0. The van der Waals surface area contributed by atoms with Crippen molar-refractivity contribution in [1.29, 1.82) is 0 Å². The molecule has 0 spiro atoms. The van der Waals surface area contributed by atoms with Crippen LogP contribution in [0.1, 0.15) is 117 Å². The summed E-state index contributed by atoms with van der Waals surface area (Å²) in [6.45, 7) is 5.22. The minimum Gasteiger partial charge on any atom is -0.494 e. The van der Waals surface area contributed by atoms with Crippen molar-refractivity contribution in [3.05, 3.63) is 36.7 Å². The number of hydrogen-bond donors (Lipinski definition) is 0. The zero-order valence-electron chi connectivity index (χ0n) is 22.1. The third-order valence-corrected chi connectivity index (χ3v) is 6.22. The van der Waals surface area contributed by atoms with E-state index in [9.17, 15) is 4.79 Å². The van der Waals surface area contributed by atoms with Gasteiger partial charge in [0.05, 0.1) is 19.0 Å². The Morgan fingerprint density at radius 3 is 1.74 bits per heavy atom. The number of benzene rings is 1. The highest BCUT2D eigenvalue weighted by molar-refractivity contribution is 5.72. The van der Waals surface area contributed by atoms with Crippen molar-refractivity contribution in [2.45, 2.75) is 117 Å². The van der Waals surface area contributed by atoms with Crippen molar-refractivity contribution < 1.29 is 14.3 Å². The van der Waals surface area contributed by atoms with Crippen LogP contribution < -0.4 is 9.47 Å². The second kappa shape index (κ2) is 18.8. The summed E-state index contributed by atoms with van der Waals surface area (Å²) in [6, 6.07) is 7.85. The molecule has 1 aromatic heterocycles. The lowest BCUT2D eigenvalue weighted by atomic mass is 10.1. The molecule has 0 bridgehead atoms. The third-order valence-electron chi connectivity index (χ3n) is 6.22. The Morgan fingerprint density at radius 1 is 0.657 bits per heavy atom. The molecule has 2 rings (SSSR count). The third kappa shape index (κ3) is 13.3. The number of nitrogens with zero attached hydrogens (tertiary/aromatic N) is 2. The summed E-state index contributed by atoms with van der Waals surface area (Å²) in [4.78, 5) is 20.7. The molecule has 2 aromatic rings. The maximum atomic E-state index is 12.0. The summed E-state index contributed by atoms with van der Waals surface area (Å²) in [6.07, 6.45) is 22.2. The fourth-order valence-electron chi connectivity index (χ4n) is 4.05. The molecule has 0 N–H and O–H groups in total. The van der Waals surface area contributed by atoms with Gasteiger partial charge in [-0.15, -0.1) is 0 Å². The number of hydrogen-bond acceptors (Lipinski definition) is 5. The SMILES string of the molecule is CCCCCCCCCCCOc1ccc(-c2ncc(OC(=O)CCCCCCCC)cn2)cc1. The Kier molecular flexibility index (Phi) is 15.5. The van der Waals surface area contributed by atoms with Crippen LogP contribution in [0, 0.1) is 0 Å². The first kappa shape index (κ1) is 28.8. The quantitative estimate of drug-likeness (QED) is 0.139. The number of carbonyl (C=O) groups excluding carboxylic acids is 1. The van der Waals surface area contributed by atoms with E-state index in [0.717, 1.165) is 37.2 Å². The maximum Gasteiger partial charge on any atom is 0.311 e. The molecule has 0 aliphatic heterocycles. The molecule has 0 unspecified atom stereocenters. The van der Waals surface area contributed by atoms with Crippen LogP contribution in [-0.4, -0.2) is 22.5 Å². The molecule has 1 aromatic carbocycles. The lowest BCUT2D eigenvalue weighted by Crippen LogP contribution is -2.08. The van der Waals surface area contributed by atoms with Gasteiger partial charge < -0.3 is 9.47 Å². The highest BCUT2D eigenvalue weighted by Crippen LogP contribution is 2.21. The van der Waals surface area contributed by atoms with E-state index in [4.69, 9.17) is 9.47 Å². The number of unbranched alkanes of at least 4 members (excludes halogenated alkanes) is 13. The van der Waals surface area contributed by atoms with Crippen LogP contribution in [0.5, 0.6) is 11.5 Å². The lowest BCUT2D eigenvalue weighted by molar-refractivity contribution is -0.134. The largest absolute Gasteiger partial charge is 0.494 e. The van der Waals surface area contributed by atoms with Crippen molar-refractivity contribution in [3.63, 3.8) is 0 Å². The van der Waals surface area contributed by atoms with E-state index in [0.29, 0.717) is 18.0 Å². The Balaban J connectivity index is 1.61. The predicted molar refractivity (Wildman–Crippen MR) is 144 cm³/mol. The number of esters is 1. The average molecular weight is 483 g/mol. The number of rotatable bonds is 20. The molecule has 0 aliphatic carbocycles. The van der Waals surface area contributed by atoms with E-state index in [1.54, 1.807) is 12.4 Å². The molecule has 0 radical (unpaired) electrons. The zero-order valence-corrected chi connectivity index (χ0v) is 22.1. The van der Waals surface area contributed by atoms with Gasteiger partial charge in [0.25, 0.3) is 0 Å². The molecule has 0 amide bonds. The van der Waals surface area contributed by atoms with Crippen LogP contribution in [0.3, 0.4) is 0 Å². The van der Waals surface area contributed by atoms with Gasteiger partial charge in [-0.05, 0) is 37.1 Å². The number of aromatic nitrogens is 2. The molecule has 194 valence electrons. The molecule has 0 saturated carbocycles. The van der Waals surface area contributed by atoms with Gasteiger partial charge >= 0.3 is 5.97 Å². The van der Waals surface area contributed by atoms with E-state index in [-0.39, 0.29) is 5.97 Å². The summed E-state index contributed by atoms with van der Waals surface area (Å²) in [5, 5.41) is 0. The van der Waals surface area contributed by atoms with Crippen LogP contribution in [0.25, 0.3) is 11.4 Å². The van der Waals surface area contributed by atoms with Gasteiger partial charge in [-0.25, -0.2) is 9.97 Å². The molecule has 0 aliphatic rings. The van der Waals surface area contributed by atoms with Gasteiger partial charge in [0, 0.05) is 12.0 Å². The minimum absolute atomic E-state index is 0.217. The second-order valence-electron chi connectivity index (χ2n) is 9.44. The monoisotopic (exact) mass is 482 g/mol. The van der Waals surface area contributed by atoms with E-state index in [1.807, 2.05) is 24.3 Å². The van der Waals surface area contributed by atoms with Gasteiger partial charge in [0.1, 0.15) is 5.75 Å². The second-order valence-corrected chi connectivity index (χ2v) is 9.44. The first-order valence-electron chi connectivity index (χ1n) is 14.0. The molecule has 35 heavy (non-hydrogen) atoms. The summed E-state index contributed by atoms with van der Waals surface area (Å²) >= 11 is 0. The van der Waals surface area contributed by atoms with Crippen molar-refractivity contribution in [1.82, 2.24) is 9.97 Å². The summed E-state index contributed by atoms with van der Waals surface area (Å²) < 4.78 is 11.2. The van der Waals surface area contributed by atoms with Crippen LogP contribution >= 0.6 is 0 Å². The van der Waals surface area contributed by atoms with Crippen molar-refractivity contribution in [2.24, 2.45) is 0 Å². The van der Waals surface area contributed by atoms with Gasteiger partial charge in [-0.2, -0.15) is 0 Å². The average Bonchev–Trinajstić information content (AvgIpc) is 2.88. The molecule has 0 atom stereocenters. The standard InChI is InChI=1S/C30H46N2O3/c1-3-5-7-9-11-12-13-15-17-23-34-27-21-19-26(20-22-27)30-31-24-28(25-32-30)35-29(33)18-16-14-10-8-6-4-2/h19-22,24-25H,3-18,23H2,1-2H3. The summed E-state index contributed by atoms with van der Waals surface area (Å²) in [5.74, 6) is 1.65. The lowest BCUT2D eigenvalue weighted by Gasteiger charge is -2.08. The van der Waals surface area contributed by atoms with Crippen LogP contribution in [-0.2, 0) is 4.79 Å². The van der Waals surface area contributed by atoms with E-state index >= 15 is 0 Å². The molecule has 0 fully saturated rings. The topological polar surface area (TPSA) is 61.3 Å². The smallest absolute Gasteiger partial charge is 0.311 e.